The van der Waals surface area contributed by atoms with Crippen molar-refractivity contribution in [2.75, 3.05) is 6.54 Å². The Bertz CT molecular complexity index is 593. The van der Waals surface area contributed by atoms with Crippen LogP contribution in [0.5, 0.6) is 0 Å². The fourth-order valence-corrected chi connectivity index (χ4v) is 2.86. The molecule has 5 nitrogen and oxygen atoms in total. The summed E-state index contributed by atoms with van der Waals surface area (Å²) in [5, 5.41) is 5.87. The van der Waals surface area contributed by atoms with Crippen LogP contribution in [0.2, 0.25) is 0 Å². The van der Waals surface area contributed by atoms with Crippen molar-refractivity contribution in [2.24, 2.45) is 0 Å². The molecule has 2 N–H and O–H groups in total. The van der Waals surface area contributed by atoms with Crippen molar-refractivity contribution in [3.05, 3.63) is 34.3 Å². The second-order valence-corrected chi connectivity index (χ2v) is 8.01. The quantitative estimate of drug-likeness (QED) is 0.705. The maximum Gasteiger partial charge on any atom is 0.407 e. The predicted molar refractivity (Wildman–Crippen MR) is 104 cm³/mol. The lowest BCUT2D eigenvalue weighted by Crippen LogP contribution is -2.55. The maximum atomic E-state index is 12.5. The van der Waals surface area contributed by atoms with Gasteiger partial charge in [0.15, 0.2) is 0 Å². The highest BCUT2D eigenvalue weighted by Gasteiger charge is 2.29. The first kappa shape index (κ1) is 21.5. The van der Waals surface area contributed by atoms with E-state index in [-0.39, 0.29) is 12.3 Å². The highest BCUT2D eigenvalue weighted by Crippen LogP contribution is 2.19. The minimum atomic E-state index is -0.548. The lowest BCUT2D eigenvalue weighted by molar-refractivity contribution is -0.122. The average molecular weight is 413 g/mol. The van der Waals surface area contributed by atoms with Crippen LogP contribution < -0.4 is 10.6 Å². The van der Waals surface area contributed by atoms with Gasteiger partial charge >= 0.3 is 6.09 Å². The Balaban J connectivity index is 2.69. The van der Waals surface area contributed by atoms with Gasteiger partial charge in [0.2, 0.25) is 5.91 Å². The van der Waals surface area contributed by atoms with Gasteiger partial charge in [-0.1, -0.05) is 48.0 Å². The van der Waals surface area contributed by atoms with E-state index in [1.807, 2.05) is 58.9 Å². The Morgan fingerprint density at radius 3 is 2.24 bits per heavy atom. The number of ether oxygens (including phenoxy) is 1. The molecule has 0 aliphatic heterocycles. The molecular formula is C19H29BrN2O3. The molecule has 0 fully saturated rings. The summed E-state index contributed by atoms with van der Waals surface area (Å²) in [6, 6.07) is 7.66. The van der Waals surface area contributed by atoms with Crippen LogP contribution in [-0.2, 0) is 16.0 Å². The molecule has 0 aromatic heterocycles. The molecule has 0 unspecified atom stereocenters. The number of carbonyl (C=O) groups excluding carboxylic acids is 2. The first-order valence-electron chi connectivity index (χ1n) is 8.62. The summed E-state index contributed by atoms with van der Waals surface area (Å²) < 4.78 is 6.18. The maximum absolute atomic E-state index is 12.5. The van der Waals surface area contributed by atoms with Gasteiger partial charge in [0.25, 0.3) is 0 Å². The number of hydrogen-bond acceptors (Lipinski definition) is 3. The third kappa shape index (κ3) is 7.46. The molecule has 25 heavy (non-hydrogen) atoms. The van der Waals surface area contributed by atoms with E-state index < -0.39 is 17.2 Å². The van der Waals surface area contributed by atoms with Crippen molar-refractivity contribution >= 4 is 27.9 Å². The number of alkyl carbamates (subject to hydrolysis) is 1. The van der Waals surface area contributed by atoms with E-state index in [0.717, 1.165) is 10.0 Å². The molecule has 0 saturated heterocycles. The Morgan fingerprint density at radius 2 is 1.72 bits per heavy atom. The van der Waals surface area contributed by atoms with E-state index in [2.05, 4.69) is 26.6 Å². The van der Waals surface area contributed by atoms with Crippen LogP contribution in [0, 0.1) is 0 Å². The van der Waals surface area contributed by atoms with Gasteiger partial charge in [-0.15, -0.1) is 0 Å². The summed E-state index contributed by atoms with van der Waals surface area (Å²) >= 11 is 3.46. The Labute approximate surface area is 159 Å². The van der Waals surface area contributed by atoms with E-state index in [0.29, 0.717) is 19.4 Å². The minimum Gasteiger partial charge on any atom is -0.444 e. The standard InChI is InChI=1S/C19H29BrN2O3/c1-6-19(7-2,13-21-17(24)25-18(3,4)5)22-16(23)12-14-10-8-9-11-15(14)20/h8-11H,6-7,12-13H2,1-5H3,(H,21,24)(H,22,23). The van der Waals surface area contributed by atoms with Crippen molar-refractivity contribution in [3.63, 3.8) is 0 Å². The lowest BCUT2D eigenvalue weighted by atomic mass is 9.92. The van der Waals surface area contributed by atoms with Crippen molar-refractivity contribution in [2.45, 2.75) is 65.0 Å². The van der Waals surface area contributed by atoms with Gasteiger partial charge in [0.05, 0.1) is 12.0 Å². The van der Waals surface area contributed by atoms with Gasteiger partial charge in [0.1, 0.15) is 5.60 Å². The monoisotopic (exact) mass is 412 g/mol. The van der Waals surface area contributed by atoms with E-state index in [4.69, 9.17) is 4.74 Å². The number of nitrogens with one attached hydrogen (secondary N) is 2. The molecule has 2 amide bonds. The molecule has 6 heteroatoms. The van der Waals surface area contributed by atoms with Gasteiger partial charge in [-0.2, -0.15) is 0 Å². The fourth-order valence-electron chi connectivity index (χ4n) is 2.43. The summed E-state index contributed by atoms with van der Waals surface area (Å²) in [6.45, 7) is 9.78. The molecule has 0 radical (unpaired) electrons. The van der Waals surface area contributed by atoms with Crippen LogP contribution >= 0.6 is 15.9 Å². The van der Waals surface area contributed by atoms with Crippen LogP contribution in [-0.4, -0.2) is 29.7 Å². The second kappa shape index (κ2) is 9.22. The first-order chi connectivity index (χ1) is 11.6. The molecule has 0 saturated carbocycles. The topological polar surface area (TPSA) is 67.4 Å². The van der Waals surface area contributed by atoms with Gasteiger partial charge < -0.3 is 15.4 Å². The molecule has 0 atom stereocenters. The summed E-state index contributed by atoms with van der Waals surface area (Å²) in [7, 11) is 0. The highest BCUT2D eigenvalue weighted by molar-refractivity contribution is 9.10. The predicted octanol–water partition coefficient (Wildman–Crippen LogP) is 4.19. The van der Waals surface area contributed by atoms with Crippen LogP contribution in [0.15, 0.2) is 28.7 Å². The van der Waals surface area contributed by atoms with Crippen molar-refractivity contribution in [3.8, 4) is 0 Å². The molecule has 1 aromatic rings. The zero-order valence-corrected chi connectivity index (χ0v) is 17.3. The van der Waals surface area contributed by atoms with E-state index in [9.17, 15) is 9.59 Å². The zero-order chi connectivity index (χ0) is 19.1. The summed E-state index contributed by atoms with van der Waals surface area (Å²) in [6.07, 6.45) is 1.23. The summed E-state index contributed by atoms with van der Waals surface area (Å²) in [5.74, 6) is -0.0680. The summed E-state index contributed by atoms with van der Waals surface area (Å²) in [5.41, 5.74) is -0.107. The van der Waals surface area contributed by atoms with Crippen LogP contribution in [0.3, 0.4) is 0 Å². The Hall–Kier alpha value is -1.56. The number of benzene rings is 1. The van der Waals surface area contributed by atoms with Crippen molar-refractivity contribution in [1.82, 2.24) is 10.6 Å². The minimum absolute atomic E-state index is 0.0680. The third-order valence-corrected chi connectivity index (χ3v) is 4.81. The highest BCUT2D eigenvalue weighted by atomic mass is 79.9. The van der Waals surface area contributed by atoms with Crippen LogP contribution in [0.4, 0.5) is 4.79 Å². The molecule has 0 aliphatic carbocycles. The molecule has 1 aromatic carbocycles. The van der Waals surface area contributed by atoms with Crippen LogP contribution in [0.25, 0.3) is 0 Å². The molecular weight excluding hydrogens is 384 g/mol. The van der Waals surface area contributed by atoms with E-state index in [1.54, 1.807) is 0 Å². The smallest absolute Gasteiger partial charge is 0.407 e. The summed E-state index contributed by atoms with van der Waals surface area (Å²) in [4.78, 5) is 24.4. The molecule has 0 spiro atoms. The molecule has 140 valence electrons. The van der Waals surface area contributed by atoms with Gasteiger partial charge in [0, 0.05) is 11.0 Å². The largest absolute Gasteiger partial charge is 0.444 e. The van der Waals surface area contributed by atoms with Gasteiger partial charge in [-0.3, -0.25) is 4.79 Å². The zero-order valence-electron chi connectivity index (χ0n) is 15.7. The first-order valence-corrected chi connectivity index (χ1v) is 9.41. The molecule has 0 aliphatic rings. The molecule has 0 bridgehead atoms. The number of hydrogen-bond donors (Lipinski definition) is 2. The van der Waals surface area contributed by atoms with Gasteiger partial charge in [-0.05, 0) is 45.2 Å². The fraction of sp³-hybridized carbons (Fsp3) is 0.579. The van der Waals surface area contributed by atoms with Gasteiger partial charge in [-0.25, -0.2) is 4.79 Å². The normalized spacial score (nSPS) is 11.8. The average Bonchev–Trinajstić information content (AvgIpc) is 2.52. The third-order valence-electron chi connectivity index (χ3n) is 4.04. The Morgan fingerprint density at radius 1 is 1.12 bits per heavy atom. The number of halogens is 1. The lowest BCUT2D eigenvalue weighted by Gasteiger charge is -2.33. The molecule has 1 rings (SSSR count). The Kier molecular flexibility index (Phi) is 7.93. The number of rotatable bonds is 7. The number of carbonyl (C=O) groups is 2. The molecule has 0 heterocycles. The van der Waals surface area contributed by atoms with Crippen molar-refractivity contribution in [1.29, 1.82) is 0 Å². The number of amides is 2. The van der Waals surface area contributed by atoms with Crippen molar-refractivity contribution < 1.29 is 14.3 Å². The van der Waals surface area contributed by atoms with E-state index in [1.165, 1.54) is 0 Å². The SMILES string of the molecule is CCC(CC)(CNC(=O)OC(C)(C)C)NC(=O)Cc1ccccc1Br. The van der Waals surface area contributed by atoms with Crippen LogP contribution in [0.1, 0.15) is 53.0 Å². The second-order valence-electron chi connectivity index (χ2n) is 7.16. The van der Waals surface area contributed by atoms with E-state index >= 15 is 0 Å².